The summed E-state index contributed by atoms with van der Waals surface area (Å²) < 4.78 is 0. The number of nitro groups is 1. The lowest BCUT2D eigenvalue weighted by Gasteiger charge is -2.22. The fraction of sp³-hybridized carbons (Fsp3) is 0.107. The van der Waals surface area contributed by atoms with Crippen molar-refractivity contribution in [3.63, 3.8) is 0 Å². The van der Waals surface area contributed by atoms with Crippen molar-refractivity contribution < 1.29 is 14.5 Å². The number of nitrogens with zero attached hydrogens (tertiary/aromatic N) is 3. The van der Waals surface area contributed by atoms with Gasteiger partial charge in [0.05, 0.1) is 17.2 Å². The molecular weight excluding hydrogens is 488 g/mol. The topological polar surface area (TPSA) is 105 Å². The first kappa shape index (κ1) is 24.2. The van der Waals surface area contributed by atoms with Crippen molar-refractivity contribution in [1.29, 1.82) is 0 Å². The number of nitrogens with one attached hydrogen (secondary N) is 1. The smallest absolute Gasteiger partial charge is 0.274 e. The summed E-state index contributed by atoms with van der Waals surface area (Å²) >= 11 is 1.57. The van der Waals surface area contributed by atoms with Gasteiger partial charge < -0.3 is 10.2 Å². The number of benzene rings is 3. The summed E-state index contributed by atoms with van der Waals surface area (Å²) in [5, 5.41) is 14.1. The van der Waals surface area contributed by atoms with Crippen molar-refractivity contribution in [2.75, 3.05) is 10.2 Å². The van der Waals surface area contributed by atoms with E-state index in [0.29, 0.717) is 16.9 Å². The molecule has 1 atom stereocenters. The lowest BCUT2D eigenvalue weighted by Crippen LogP contribution is -2.30. The molecule has 2 heterocycles. The summed E-state index contributed by atoms with van der Waals surface area (Å²) in [6.07, 6.45) is 1.82. The van der Waals surface area contributed by atoms with Crippen molar-refractivity contribution >= 4 is 40.8 Å². The van der Waals surface area contributed by atoms with Gasteiger partial charge >= 0.3 is 0 Å². The maximum absolute atomic E-state index is 13.5. The van der Waals surface area contributed by atoms with Crippen LogP contribution in [0.25, 0.3) is 0 Å². The van der Waals surface area contributed by atoms with Gasteiger partial charge in [0.25, 0.3) is 11.6 Å². The van der Waals surface area contributed by atoms with Gasteiger partial charge in [-0.2, -0.15) is 0 Å². The molecule has 0 bridgehead atoms. The summed E-state index contributed by atoms with van der Waals surface area (Å²) in [5.74, 6) is 0.0743. The molecule has 0 saturated heterocycles. The van der Waals surface area contributed by atoms with Crippen LogP contribution in [0.15, 0.2) is 102 Å². The Morgan fingerprint density at radius 3 is 2.49 bits per heavy atom. The highest BCUT2D eigenvalue weighted by atomic mass is 32.2. The highest BCUT2D eigenvalue weighted by molar-refractivity contribution is 7.99. The Hall–Kier alpha value is -4.50. The van der Waals surface area contributed by atoms with Crippen molar-refractivity contribution in [3.8, 4) is 0 Å². The Labute approximate surface area is 217 Å². The standard InChI is InChI=1S/C28H22N4O4S/c33-27-17-25(19-12-14-20(15-13-19)28(34)30-26-11-5-6-16-29-26)37-24-10-4-3-9-23(24)31(27)18-21-7-1-2-8-22(21)32(35)36/h1-16,25H,17-18H2,(H,29,30,34). The minimum Gasteiger partial charge on any atom is -0.307 e. The number of anilines is 2. The zero-order valence-electron chi connectivity index (χ0n) is 19.6. The molecule has 3 aromatic carbocycles. The number of hydrogen-bond acceptors (Lipinski definition) is 6. The number of para-hydroxylation sites is 2. The van der Waals surface area contributed by atoms with Crippen LogP contribution in [0, 0.1) is 10.1 Å². The van der Waals surface area contributed by atoms with Crippen LogP contribution in [0.4, 0.5) is 17.2 Å². The second kappa shape index (κ2) is 10.6. The number of carbonyl (C=O) groups is 2. The third-order valence-electron chi connectivity index (χ3n) is 6.05. The van der Waals surface area contributed by atoms with Crippen molar-refractivity contribution in [2.45, 2.75) is 23.1 Å². The van der Waals surface area contributed by atoms with Gasteiger partial charge in [0, 0.05) is 40.0 Å². The Morgan fingerprint density at radius 1 is 1.00 bits per heavy atom. The molecule has 0 radical (unpaired) electrons. The van der Waals surface area contributed by atoms with Gasteiger partial charge in [0.15, 0.2) is 0 Å². The molecule has 0 spiro atoms. The van der Waals surface area contributed by atoms with Crippen molar-refractivity contribution in [2.24, 2.45) is 0 Å². The monoisotopic (exact) mass is 510 g/mol. The van der Waals surface area contributed by atoms with E-state index in [1.165, 1.54) is 6.07 Å². The SMILES string of the molecule is O=C(Nc1ccccn1)c1ccc(C2CC(=O)N(Cc3ccccc3[N+](=O)[O-])c3ccccc3S2)cc1. The molecule has 8 nitrogen and oxygen atoms in total. The highest BCUT2D eigenvalue weighted by Gasteiger charge is 2.30. The fourth-order valence-corrected chi connectivity index (χ4v) is 5.49. The zero-order chi connectivity index (χ0) is 25.8. The quantitative estimate of drug-likeness (QED) is 0.251. The molecule has 5 rings (SSSR count). The number of aromatic nitrogens is 1. The Balaban J connectivity index is 1.39. The van der Waals surface area contributed by atoms with E-state index >= 15 is 0 Å². The first-order valence-corrected chi connectivity index (χ1v) is 12.5. The first-order chi connectivity index (χ1) is 18.0. The van der Waals surface area contributed by atoms with Crippen LogP contribution in [-0.2, 0) is 11.3 Å². The Morgan fingerprint density at radius 2 is 1.73 bits per heavy atom. The average Bonchev–Trinajstić information content (AvgIpc) is 3.06. The minimum atomic E-state index is -0.424. The third-order valence-corrected chi connectivity index (χ3v) is 7.38. The van der Waals surface area contributed by atoms with Gasteiger partial charge in [-0.3, -0.25) is 19.7 Å². The Bertz CT molecular complexity index is 1460. The first-order valence-electron chi connectivity index (χ1n) is 11.6. The van der Waals surface area contributed by atoms with Crippen LogP contribution < -0.4 is 10.2 Å². The number of pyridine rings is 1. The highest BCUT2D eigenvalue weighted by Crippen LogP contribution is 2.46. The molecule has 184 valence electrons. The van der Waals surface area contributed by atoms with Crippen molar-refractivity contribution in [1.82, 2.24) is 4.98 Å². The molecule has 37 heavy (non-hydrogen) atoms. The predicted octanol–water partition coefficient (Wildman–Crippen LogP) is 6.01. The lowest BCUT2D eigenvalue weighted by molar-refractivity contribution is -0.385. The van der Waals surface area contributed by atoms with Crippen LogP contribution in [-0.4, -0.2) is 21.7 Å². The number of hydrogen-bond donors (Lipinski definition) is 1. The van der Waals surface area contributed by atoms with Gasteiger partial charge in [-0.15, -0.1) is 11.8 Å². The fourth-order valence-electron chi connectivity index (χ4n) is 4.20. The van der Waals surface area contributed by atoms with Crippen molar-refractivity contribution in [3.05, 3.63) is 124 Å². The molecule has 9 heteroatoms. The molecule has 1 aliphatic rings. The van der Waals surface area contributed by atoms with E-state index in [1.54, 1.807) is 71.4 Å². The van der Waals surface area contributed by atoms with Crippen LogP contribution in [0.3, 0.4) is 0 Å². The molecular formula is C28H22N4O4S. The molecule has 0 aliphatic carbocycles. The largest absolute Gasteiger partial charge is 0.307 e. The lowest BCUT2D eigenvalue weighted by atomic mass is 10.1. The number of amides is 2. The summed E-state index contributed by atoms with van der Waals surface area (Å²) in [4.78, 5) is 43.9. The number of nitro benzene ring substituents is 1. The molecule has 1 aliphatic heterocycles. The van der Waals surface area contributed by atoms with E-state index in [4.69, 9.17) is 0 Å². The summed E-state index contributed by atoms with van der Waals surface area (Å²) in [7, 11) is 0. The molecule has 1 unspecified atom stereocenters. The minimum absolute atomic E-state index is 0.0131. The van der Waals surface area contributed by atoms with Gasteiger partial charge in [-0.05, 0) is 42.0 Å². The number of carbonyl (C=O) groups excluding carboxylic acids is 2. The Kier molecular flexibility index (Phi) is 6.96. The van der Waals surface area contributed by atoms with E-state index in [-0.39, 0.29) is 35.7 Å². The average molecular weight is 511 g/mol. The molecule has 2 amide bonds. The molecule has 0 saturated carbocycles. The third kappa shape index (κ3) is 5.36. The van der Waals surface area contributed by atoms with Gasteiger partial charge in [0.2, 0.25) is 5.91 Å². The second-order valence-corrected chi connectivity index (χ2v) is 9.68. The number of rotatable bonds is 6. The van der Waals surface area contributed by atoms with Crippen LogP contribution in [0.1, 0.15) is 33.2 Å². The van der Waals surface area contributed by atoms with Crippen LogP contribution in [0.2, 0.25) is 0 Å². The van der Waals surface area contributed by atoms with E-state index in [1.807, 2.05) is 36.4 Å². The van der Waals surface area contributed by atoms with E-state index in [0.717, 1.165) is 16.1 Å². The number of fused-ring (bicyclic) bond motifs is 1. The maximum atomic E-state index is 13.5. The molecule has 4 aromatic rings. The number of thioether (sulfide) groups is 1. The predicted molar refractivity (Wildman–Crippen MR) is 143 cm³/mol. The molecule has 0 fully saturated rings. The van der Waals surface area contributed by atoms with Crippen LogP contribution in [0.5, 0.6) is 0 Å². The normalized spacial score (nSPS) is 15.0. The van der Waals surface area contributed by atoms with E-state index in [9.17, 15) is 19.7 Å². The maximum Gasteiger partial charge on any atom is 0.274 e. The van der Waals surface area contributed by atoms with Gasteiger partial charge in [0.1, 0.15) is 5.82 Å². The molecule has 1 N–H and O–H groups in total. The molecule has 1 aromatic heterocycles. The van der Waals surface area contributed by atoms with E-state index in [2.05, 4.69) is 10.3 Å². The van der Waals surface area contributed by atoms with E-state index < -0.39 is 4.92 Å². The summed E-state index contributed by atoms with van der Waals surface area (Å²) in [6.45, 7) is 0.104. The van der Waals surface area contributed by atoms with Gasteiger partial charge in [-0.1, -0.05) is 48.5 Å². The second-order valence-electron chi connectivity index (χ2n) is 8.44. The zero-order valence-corrected chi connectivity index (χ0v) is 20.4. The van der Waals surface area contributed by atoms with Gasteiger partial charge in [-0.25, -0.2) is 4.98 Å². The summed E-state index contributed by atoms with van der Waals surface area (Å²) in [5.41, 5.74) is 2.58. The summed E-state index contributed by atoms with van der Waals surface area (Å²) in [6, 6.07) is 26.5. The van der Waals surface area contributed by atoms with Crippen LogP contribution >= 0.6 is 11.8 Å².